The molecule has 0 spiro atoms. The molecule has 1 aliphatic rings. The summed E-state index contributed by atoms with van der Waals surface area (Å²) in [6.07, 6.45) is 6.39. The van der Waals surface area contributed by atoms with E-state index in [1.54, 1.807) is 11.3 Å². The van der Waals surface area contributed by atoms with Crippen molar-refractivity contribution >= 4 is 22.9 Å². The number of benzene rings is 1. The van der Waals surface area contributed by atoms with Gasteiger partial charge in [0.05, 0.1) is 25.4 Å². The van der Waals surface area contributed by atoms with Crippen molar-refractivity contribution < 1.29 is 14.6 Å². The van der Waals surface area contributed by atoms with E-state index in [-0.39, 0.29) is 11.9 Å². The molecule has 1 N–H and O–H groups in total. The molecule has 0 saturated carbocycles. The summed E-state index contributed by atoms with van der Waals surface area (Å²) in [5.41, 5.74) is 1.83. The van der Waals surface area contributed by atoms with Crippen molar-refractivity contribution in [2.75, 3.05) is 11.5 Å². The Bertz CT molecular complexity index is 714. The van der Waals surface area contributed by atoms with Crippen LogP contribution in [0.2, 0.25) is 0 Å². The fourth-order valence-corrected chi connectivity index (χ4v) is 4.37. The lowest BCUT2D eigenvalue weighted by atomic mass is 10.0. The molecule has 1 aromatic heterocycles. The molecule has 4 nitrogen and oxygen atoms in total. The summed E-state index contributed by atoms with van der Waals surface area (Å²) in [4.78, 5) is 15.5. The number of thiophene rings is 1. The lowest BCUT2D eigenvalue weighted by Crippen LogP contribution is -2.36. The molecule has 152 valence electrons. The molecule has 1 saturated heterocycles. The molecule has 1 fully saturated rings. The van der Waals surface area contributed by atoms with Gasteiger partial charge in [0.1, 0.15) is 0 Å². The summed E-state index contributed by atoms with van der Waals surface area (Å²) < 4.78 is 5.86. The van der Waals surface area contributed by atoms with Crippen molar-refractivity contribution in [3.63, 3.8) is 0 Å². The number of hydrogen-bond donors (Lipinski definition) is 1. The topological polar surface area (TPSA) is 49.8 Å². The van der Waals surface area contributed by atoms with Gasteiger partial charge in [0.2, 0.25) is 5.91 Å². The van der Waals surface area contributed by atoms with Crippen LogP contribution < -0.4 is 4.90 Å². The fourth-order valence-electron chi connectivity index (χ4n) is 3.73. The van der Waals surface area contributed by atoms with E-state index in [1.165, 1.54) is 24.1 Å². The second-order valence-corrected chi connectivity index (χ2v) is 8.54. The van der Waals surface area contributed by atoms with E-state index in [1.807, 2.05) is 40.6 Å². The Kier molecular flexibility index (Phi) is 8.07. The summed E-state index contributed by atoms with van der Waals surface area (Å²) in [5, 5.41) is 12.4. The number of unbranched alkanes of at least 4 members (excludes halogenated alkanes) is 3. The van der Waals surface area contributed by atoms with Gasteiger partial charge in [-0.2, -0.15) is 0 Å². The van der Waals surface area contributed by atoms with Gasteiger partial charge in [0, 0.05) is 17.0 Å². The largest absolute Gasteiger partial charge is 0.388 e. The first kappa shape index (κ1) is 21.0. The van der Waals surface area contributed by atoms with Gasteiger partial charge in [-0.1, -0.05) is 50.8 Å². The highest BCUT2D eigenvalue weighted by Crippen LogP contribution is 2.29. The minimum Gasteiger partial charge on any atom is -0.388 e. The molecular weight excluding hydrogens is 370 g/mol. The fraction of sp³-hybridized carbons (Fsp3) is 0.522. The molecule has 5 heteroatoms. The van der Waals surface area contributed by atoms with E-state index in [2.05, 4.69) is 13.0 Å². The zero-order valence-corrected chi connectivity index (χ0v) is 17.5. The molecule has 2 aromatic rings. The van der Waals surface area contributed by atoms with Crippen LogP contribution in [0.1, 0.15) is 68.4 Å². The number of carbonyl (C=O) groups is 1. The average Bonchev–Trinajstić information content (AvgIpc) is 3.35. The number of aliphatic hydroxyl groups is 1. The van der Waals surface area contributed by atoms with Gasteiger partial charge in [-0.15, -0.1) is 11.3 Å². The van der Waals surface area contributed by atoms with Crippen LogP contribution in [0.25, 0.3) is 0 Å². The van der Waals surface area contributed by atoms with Crippen molar-refractivity contribution in [3.8, 4) is 0 Å². The van der Waals surface area contributed by atoms with E-state index in [4.69, 9.17) is 4.74 Å². The minimum atomic E-state index is -0.426. The van der Waals surface area contributed by atoms with E-state index in [9.17, 15) is 9.90 Å². The van der Waals surface area contributed by atoms with Gasteiger partial charge in [-0.3, -0.25) is 4.79 Å². The van der Waals surface area contributed by atoms with Gasteiger partial charge in [0.15, 0.2) is 0 Å². The number of aliphatic hydroxyl groups excluding tert-OH is 1. The second kappa shape index (κ2) is 10.7. The van der Waals surface area contributed by atoms with E-state index >= 15 is 0 Å². The second-order valence-electron chi connectivity index (χ2n) is 7.51. The van der Waals surface area contributed by atoms with Crippen LogP contribution in [0.4, 0.5) is 5.69 Å². The Morgan fingerprint density at radius 1 is 1.21 bits per heavy atom. The highest BCUT2D eigenvalue weighted by Gasteiger charge is 2.32. The van der Waals surface area contributed by atoms with Gasteiger partial charge in [-0.25, -0.2) is 0 Å². The molecule has 28 heavy (non-hydrogen) atoms. The van der Waals surface area contributed by atoms with Crippen molar-refractivity contribution in [3.05, 3.63) is 52.2 Å². The Morgan fingerprint density at radius 3 is 2.75 bits per heavy atom. The molecule has 1 aliphatic heterocycles. The van der Waals surface area contributed by atoms with Crippen molar-refractivity contribution in [1.82, 2.24) is 0 Å². The number of nitrogens with zero attached hydrogens (tertiary/aromatic N) is 1. The van der Waals surface area contributed by atoms with Crippen molar-refractivity contribution in [2.24, 2.45) is 0 Å². The zero-order valence-electron chi connectivity index (χ0n) is 16.7. The maximum absolute atomic E-state index is 12.4. The molecule has 0 unspecified atom stereocenters. The van der Waals surface area contributed by atoms with E-state index in [0.717, 1.165) is 30.5 Å². The summed E-state index contributed by atoms with van der Waals surface area (Å²) in [7, 11) is 0. The average molecular weight is 402 g/mol. The van der Waals surface area contributed by atoms with Gasteiger partial charge >= 0.3 is 0 Å². The van der Waals surface area contributed by atoms with Crippen molar-refractivity contribution in [1.29, 1.82) is 0 Å². The summed E-state index contributed by atoms with van der Waals surface area (Å²) >= 11 is 1.69. The van der Waals surface area contributed by atoms with Crippen LogP contribution in [0.15, 0.2) is 41.8 Å². The third-order valence-corrected chi connectivity index (χ3v) is 6.20. The molecular formula is C23H31NO3S. The Hall–Kier alpha value is -1.69. The van der Waals surface area contributed by atoms with Gasteiger partial charge < -0.3 is 14.7 Å². The highest BCUT2D eigenvalue weighted by molar-refractivity contribution is 7.09. The number of ether oxygens (including phenoxy) is 1. The van der Waals surface area contributed by atoms with Crippen LogP contribution in [-0.2, 0) is 16.1 Å². The molecule has 0 aliphatic carbocycles. The monoisotopic (exact) mass is 401 g/mol. The Balaban J connectivity index is 1.55. The van der Waals surface area contributed by atoms with Crippen LogP contribution in [0.3, 0.4) is 0 Å². The Morgan fingerprint density at radius 2 is 2.04 bits per heavy atom. The first-order valence-electron chi connectivity index (χ1n) is 10.4. The number of hydrogen-bond acceptors (Lipinski definition) is 4. The predicted octanol–water partition coefficient (Wildman–Crippen LogP) is 5.46. The maximum atomic E-state index is 12.4. The number of anilines is 1. The standard InChI is InChI=1S/C23H31NO3S/c1-2-3-4-5-8-22(25)18-9-11-19(12-10-18)24-20(13-14-23(24)26)16-27-17-21-7-6-15-28-21/h6-7,9-12,15,20,22,25H,2-5,8,13-14,16-17H2,1H3/t20-,22-/m1/s1. The summed E-state index contributed by atoms with van der Waals surface area (Å²) in [6.45, 7) is 3.33. The molecule has 2 atom stereocenters. The van der Waals surface area contributed by atoms with E-state index < -0.39 is 6.10 Å². The van der Waals surface area contributed by atoms with E-state index in [0.29, 0.717) is 19.6 Å². The normalized spacial score (nSPS) is 18.0. The summed E-state index contributed by atoms with van der Waals surface area (Å²) in [6, 6.07) is 12.0. The van der Waals surface area contributed by atoms with Crippen LogP contribution >= 0.6 is 11.3 Å². The third kappa shape index (κ3) is 5.66. The smallest absolute Gasteiger partial charge is 0.227 e. The molecule has 0 bridgehead atoms. The molecule has 1 aromatic carbocycles. The first-order valence-corrected chi connectivity index (χ1v) is 11.3. The number of rotatable bonds is 11. The molecule has 2 heterocycles. The SMILES string of the molecule is CCCCCC[C@@H](O)c1ccc(N2C(=O)CC[C@@H]2COCc2cccs2)cc1. The first-order chi connectivity index (χ1) is 13.7. The quantitative estimate of drug-likeness (QED) is 0.508. The highest BCUT2D eigenvalue weighted by atomic mass is 32.1. The molecule has 0 radical (unpaired) electrons. The van der Waals surface area contributed by atoms with Crippen LogP contribution in [0.5, 0.6) is 0 Å². The van der Waals surface area contributed by atoms with Crippen LogP contribution in [-0.4, -0.2) is 23.7 Å². The lowest BCUT2D eigenvalue weighted by Gasteiger charge is -2.25. The van der Waals surface area contributed by atoms with Gasteiger partial charge in [-0.05, 0) is 42.0 Å². The van der Waals surface area contributed by atoms with Gasteiger partial charge in [0.25, 0.3) is 0 Å². The minimum absolute atomic E-state index is 0.0808. The Labute approximate surface area is 172 Å². The third-order valence-electron chi connectivity index (χ3n) is 5.35. The lowest BCUT2D eigenvalue weighted by molar-refractivity contribution is -0.117. The summed E-state index contributed by atoms with van der Waals surface area (Å²) in [5.74, 6) is 0.151. The maximum Gasteiger partial charge on any atom is 0.227 e. The molecule has 3 rings (SSSR count). The predicted molar refractivity (Wildman–Crippen MR) is 115 cm³/mol. The number of amides is 1. The number of carbonyl (C=O) groups excluding carboxylic acids is 1. The van der Waals surface area contributed by atoms with Crippen molar-refractivity contribution in [2.45, 2.75) is 70.6 Å². The van der Waals surface area contributed by atoms with Crippen LogP contribution in [0, 0.1) is 0 Å². The zero-order chi connectivity index (χ0) is 19.8. The molecule has 1 amide bonds.